The maximum absolute atomic E-state index is 11.5. The van der Waals surface area contributed by atoms with Gasteiger partial charge < -0.3 is 4.74 Å². The molecule has 0 spiro atoms. The van der Waals surface area contributed by atoms with E-state index in [-0.39, 0.29) is 4.90 Å². The maximum Gasteiger partial charge on any atom is 0.238 e. The molecular formula is C14H18N2O3S2. The van der Waals surface area contributed by atoms with Crippen LogP contribution in [0.5, 0.6) is 5.75 Å². The van der Waals surface area contributed by atoms with Crippen LogP contribution in [0.25, 0.3) is 0 Å². The molecule has 0 aliphatic heterocycles. The first-order valence-electron chi connectivity index (χ1n) is 6.45. The number of hydrogen-bond donors (Lipinski definition) is 1. The van der Waals surface area contributed by atoms with E-state index in [2.05, 4.69) is 4.98 Å². The highest BCUT2D eigenvalue weighted by Crippen LogP contribution is 2.26. The summed E-state index contributed by atoms with van der Waals surface area (Å²) in [6, 6.07) is 3.15. The number of sulfonamides is 1. The van der Waals surface area contributed by atoms with E-state index < -0.39 is 10.0 Å². The van der Waals surface area contributed by atoms with Crippen LogP contribution in [0.4, 0.5) is 0 Å². The van der Waals surface area contributed by atoms with Crippen LogP contribution in [0.2, 0.25) is 0 Å². The molecule has 1 aromatic carbocycles. The molecule has 2 N–H and O–H groups in total. The third kappa shape index (κ3) is 3.61. The van der Waals surface area contributed by atoms with Crippen molar-refractivity contribution in [2.45, 2.75) is 32.1 Å². The summed E-state index contributed by atoms with van der Waals surface area (Å²) in [5.74, 6) is 0.682. The molecule has 0 aliphatic rings. The molecule has 2 rings (SSSR count). The topological polar surface area (TPSA) is 82.3 Å². The van der Waals surface area contributed by atoms with Gasteiger partial charge in [0.05, 0.1) is 22.7 Å². The average Bonchev–Trinajstić information content (AvgIpc) is 2.79. The Kier molecular flexibility index (Phi) is 4.65. The van der Waals surface area contributed by atoms with E-state index in [0.29, 0.717) is 17.9 Å². The van der Waals surface area contributed by atoms with Crippen LogP contribution >= 0.6 is 11.3 Å². The van der Waals surface area contributed by atoms with E-state index >= 15 is 0 Å². The van der Waals surface area contributed by atoms with Crippen molar-refractivity contribution in [3.63, 3.8) is 0 Å². The van der Waals surface area contributed by atoms with Gasteiger partial charge in [-0.2, -0.15) is 0 Å². The Morgan fingerprint density at radius 3 is 2.52 bits per heavy atom. The van der Waals surface area contributed by atoms with Crippen LogP contribution in [0, 0.1) is 20.8 Å². The van der Waals surface area contributed by atoms with Crippen LogP contribution in [-0.2, 0) is 16.4 Å². The molecule has 0 amide bonds. The second-order valence-corrected chi connectivity index (χ2v) is 7.29. The van der Waals surface area contributed by atoms with Crippen molar-refractivity contribution in [2.24, 2.45) is 5.14 Å². The molecule has 0 saturated carbocycles. The Hall–Kier alpha value is -1.44. The predicted octanol–water partition coefficient (Wildman–Crippen LogP) is 2.34. The van der Waals surface area contributed by atoms with Crippen molar-refractivity contribution in [2.75, 3.05) is 6.61 Å². The lowest BCUT2D eigenvalue weighted by Crippen LogP contribution is -2.14. The van der Waals surface area contributed by atoms with Gasteiger partial charge in [-0.15, -0.1) is 11.3 Å². The van der Waals surface area contributed by atoms with Crippen molar-refractivity contribution in [3.8, 4) is 5.75 Å². The Morgan fingerprint density at radius 1 is 1.24 bits per heavy atom. The number of benzene rings is 1. The van der Waals surface area contributed by atoms with Crippen molar-refractivity contribution < 1.29 is 13.2 Å². The molecule has 21 heavy (non-hydrogen) atoms. The molecule has 0 aliphatic carbocycles. The van der Waals surface area contributed by atoms with Crippen LogP contribution in [0.1, 0.15) is 21.7 Å². The number of hydrogen-bond acceptors (Lipinski definition) is 5. The summed E-state index contributed by atoms with van der Waals surface area (Å²) < 4.78 is 28.7. The number of ether oxygens (including phenoxy) is 1. The molecule has 1 aromatic heterocycles. The van der Waals surface area contributed by atoms with Gasteiger partial charge in [0.15, 0.2) is 0 Å². The Bertz CT molecular complexity index is 752. The quantitative estimate of drug-likeness (QED) is 0.914. The van der Waals surface area contributed by atoms with Crippen LogP contribution in [-0.4, -0.2) is 20.0 Å². The van der Waals surface area contributed by atoms with Crippen LogP contribution in [0.3, 0.4) is 0 Å². The molecule has 5 nitrogen and oxygen atoms in total. The number of nitrogens with zero attached hydrogens (tertiary/aromatic N) is 1. The van der Waals surface area contributed by atoms with Crippen molar-refractivity contribution in [3.05, 3.63) is 39.3 Å². The number of rotatable bonds is 5. The zero-order valence-corrected chi connectivity index (χ0v) is 13.8. The second-order valence-electron chi connectivity index (χ2n) is 4.82. The standard InChI is InChI=1S/C14H18N2O3S2/c1-9-10(2)14(21(15,17)18)5-4-12(9)19-7-6-13-11(3)16-8-20-13/h4-5,8H,6-7H2,1-3H3,(H2,15,17,18). The van der Waals surface area contributed by atoms with E-state index in [1.165, 1.54) is 10.9 Å². The first-order valence-corrected chi connectivity index (χ1v) is 8.88. The fourth-order valence-electron chi connectivity index (χ4n) is 2.06. The van der Waals surface area contributed by atoms with Crippen molar-refractivity contribution in [1.29, 1.82) is 0 Å². The summed E-state index contributed by atoms with van der Waals surface area (Å²) >= 11 is 1.61. The molecular weight excluding hydrogens is 308 g/mol. The molecule has 2 aromatic rings. The van der Waals surface area contributed by atoms with Gasteiger partial charge in [0.2, 0.25) is 10.0 Å². The largest absolute Gasteiger partial charge is 0.493 e. The zero-order valence-electron chi connectivity index (χ0n) is 12.2. The number of aryl methyl sites for hydroxylation is 1. The van der Waals surface area contributed by atoms with Crippen LogP contribution in [0.15, 0.2) is 22.5 Å². The fourth-order valence-corrected chi connectivity index (χ4v) is 3.66. The third-order valence-corrected chi connectivity index (χ3v) is 5.48. The number of aromatic nitrogens is 1. The first kappa shape index (κ1) is 15.9. The zero-order chi connectivity index (χ0) is 15.6. The Morgan fingerprint density at radius 2 is 1.95 bits per heavy atom. The van der Waals surface area contributed by atoms with Gasteiger partial charge in [-0.1, -0.05) is 0 Å². The Balaban J connectivity index is 2.12. The normalized spacial score (nSPS) is 11.6. The molecule has 0 atom stereocenters. The summed E-state index contributed by atoms with van der Waals surface area (Å²) in [5, 5.41) is 5.18. The highest BCUT2D eigenvalue weighted by Gasteiger charge is 2.15. The number of primary sulfonamides is 1. The number of thiazole rings is 1. The van der Waals surface area contributed by atoms with Gasteiger partial charge in [0, 0.05) is 11.3 Å². The second kappa shape index (κ2) is 6.13. The van der Waals surface area contributed by atoms with E-state index in [4.69, 9.17) is 9.88 Å². The summed E-state index contributed by atoms with van der Waals surface area (Å²) in [6.45, 7) is 6.06. The lowest BCUT2D eigenvalue weighted by atomic mass is 10.1. The predicted molar refractivity (Wildman–Crippen MR) is 83.3 cm³/mol. The van der Waals surface area contributed by atoms with E-state index in [0.717, 1.165) is 17.7 Å². The fraction of sp³-hybridized carbons (Fsp3) is 0.357. The minimum Gasteiger partial charge on any atom is -0.493 e. The van der Waals surface area contributed by atoms with Gasteiger partial charge in [0.1, 0.15) is 5.75 Å². The molecule has 1 heterocycles. The van der Waals surface area contributed by atoms with Crippen molar-refractivity contribution >= 4 is 21.4 Å². The van der Waals surface area contributed by atoms with E-state index in [9.17, 15) is 8.42 Å². The van der Waals surface area contributed by atoms with Gasteiger partial charge in [-0.05, 0) is 44.0 Å². The molecule has 0 unspecified atom stereocenters. The van der Waals surface area contributed by atoms with Gasteiger partial charge in [0.25, 0.3) is 0 Å². The van der Waals surface area contributed by atoms with Crippen molar-refractivity contribution in [1.82, 2.24) is 4.98 Å². The molecule has 0 fully saturated rings. The summed E-state index contributed by atoms with van der Waals surface area (Å²) in [7, 11) is -3.70. The lowest BCUT2D eigenvalue weighted by Gasteiger charge is -2.13. The third-order valence-electron chi connectivity index (χ3n) is 3.43. The average molecular weight is 326 g/mol. The van der Waals surface area contributed by atoms with E-state index in [1.807, 2.05) is 19.4 Å². The molecule has 114 valence electrons. The van der Waals surface area contributed by atoms with Gasteiger partial charge >= 0.3 is 0 Å². The lowest BCUT2D eigenvalue weighted by molar-refractivity contribution is 0.320. The molecule has 0 bridgehead atoms. The Labute approximate surface area is 128 Å². The van der Waals surface area contributed by atoms with E-state index in [1.54, 1.807) is 24.3 Å². The minimum atomic E-state index is -3.70. The van der Waals surface area contributed by atoms with Gasteiger partial charge in [-0.25, -0.2) is 18.5 Å². The maximum atomic E-state index is 11.5. The molecule has 7 heteroatoms. The smallest absolute Gasteiger partial charge is 0.238 e. The highest BCUT2D eigenvalue weighted by molar-refractivity contribution is 7.89. The SMILES string of the molecule is Cc1ncsc1CCOc1ccc(S(N)(=O)=O)c(C)c1C. The highest BCUT2D eigenvalue weighted by atomic mass is 32.2. The number of nitrogens with two attached hydrogens (primary N) is 1. The monoisotopic (exact) mass is 326 g/mol. The van der Waals surface area contributed by atoms with Gasteiger partial charge in [-0.3, -0.25) is 0 Å². The summed E-state index contributed by atoms with van der Waals surface area (Å²) in [4.78, 5) is 5.54. The molecule has 0 radical (unpaired) electrons. The molecule has 0 saturated heterocycles. The summed E-state index contributed by atoms with van der Waals surface area (Å²) in [6.07, 6.45) is 0.784. The summed E-state index contributed by atoms with van der Waals surface area (Å²) in [5.41, 5.74) is 4.27. The van der Waals surface area contributed by atoms with Crippen LogP contribution < -0.4 is 9.88 Å². The first-order chi connectivity index (χ1) is 9.80. The minimum absolute atomic E-state index is 0.144.